The average Bonchev–Trinajstić information content (AvgIpc) is 2.82. The van der Waals surface area contributed by atoms with Crippen molar-refractivity contribution in [3.8, 4) is 0 Å². The zero-order chi connectivity index (χ0) is 15.0. The van der Waals surface area contributed by atoms with Crippen LogP contribution in [0.5, 0.6) is 0 Å². The Morgan fingerprint density at radius 1 is 1.10 bits per heavy atom. The van der Waals surface area contributed by atoms with Crippen molar-refractivity contribution in [3.63, 3.8) is 0 Å². The fourth-order valence-corrected chi connectivity index (χ4v) is 4.00. The van der Waals surface area contributed by atoms with E-state index in [1.54, 1.807) is 0 Å². The highest BCUT2D eigenvalue weighted by molar-refractivity contribution is 7.89. The van der Waals surface area contributed by atoms with Crippen molar-refractivity contribution in [1.29, 1.82) is 0 Å². The van der Waals surface area contributed by atoms with Crippen LogP contribution in [0.2, 0.25) is 0 Å². The lowest BCUT2D eigenvalue weighted by Gasteiger charge is -2.13. The Bertz CT molecular complexity index is 765. The number of nitrogens with one attached hydrogen (secondary N) is 1. The van der Waals surface area contributed by atoms with Crippen LogP contribution >= 0.6 is 0 Å². The molecule has 0 fully saturated rings. The second kappa shape index (κ2) is 5.13. The fourth-order valence-electron chi connectivity index (χ4n) is 2.65. The second-order valence-electron chi connectivity index (χ2n) is 5.19. The quantitative estimate of drug-likeness (QED) is 0.850. The second-order valence-corrected chi connectivity index (χ2v) is 6.87. The highest BCUT2D eigenvalue weighted by Crippen LogP contribution is 2.24. The lowest BCUT2D eigenvalue weighted by Crippen LogP contribution is -2.35. The lowest BCUT2D eigenvalue weighted by molar-refractivity contribution is 0.539. The Morgan fingerprint density at radius 3 is 2.33 bits per heavy atom. The van der Waals surface area contributed by atoms with Gasteiger partial charge in [-0.15, -0.1) is 0 Å². The highest BCUT2D eigenvalue weighted by Gasteiger charge is 2.27. The van der Waals surface area contributed by atoms with Gasteiger partial charge in [0, 0.05) is 11.7 Å². The third kappa shape index (κ3) is 2.77. The van der Waals surface area contributed by atoms with E-state index in [0.717, 1.165) is 23.3 Å². The van der Waals surface area contributed by atoms with E-state index in [2.05, 4.69) is 4.72 Å². The Hall–Kier alpha value is -1.92. The summed E-state index contributed by atoms with van der Waals surface area (Å²) in [5.74, 6) is -0.799. The average molecular weight is 306 g/mol. The predicted molar refractivity (Wildman–Crippen MR) is 78.8 cm³/mol. The molecule has 1 aliphatic rings. The van der Waals surface area contributed by atoms with E-state index >= 15 is 0 Å². The molecule has 6 heteroatoms. The third-order valence-corrected chi connectivity index (χ3v) is 5.15. The number of anilines is 1. The molecule has 0 atom stereocenters. The molecule has 3 N–H and O–H groups in total. The largest absolute Gasteiger partial charge is 0.399 e. The summed E-state index contributed by atoms with van der Waals surface area (Å²) in [5.41, 5.74) is 8.00. The molecule has 0 spiro atoms. The van der Waals surface area contributed by atoms with Gasteiger partial charge in [0.15, 0.2) is 0 Å². The number of hydrogen-bond acceptors (Lipinski definition) is 3. The maximum absolute atomic E-state index is 13.7. The Labute approximate surface area is 122 Å². The molecule has 110 valence electrons. The number of halogens is 1. The first-order valence-corrected chi connectivity index (χ1v) is 8.08. The van der Waals surface area contributed by atoms with Crippen molar-refractivity contribution in [2.45, 2.75) is 23.8 Å². The van der Waals surface area contributed by atoms with Gasteiger partial charge in [-0.1, -0.05) is 24.3 Å². The van der Waals surface area contributed by atoms with E-state index in [-0.39, 0.29) is 11.7 Å². The number of fused-ring (bicyclic) bond motifs is 1. The summed E-state index contributed by atoms with van der Waals surface area (Å²) in [6.07, 6.45) is 1.22. The molecule has 0 unspecified atom stereocenters. The van der Waals surface area contributed by atoms with E-state index in [1.807, 2.05) is 24.3 Å². The molecule has 0 bridgehead atoms. The molecule has 3 rings (SSSR count). The third-order valence-electron chi connectivity index (χ3n) is 3.62. The number of benzene rings is 2. The van der Waals surface area contributed by atoms with E-state index < -0.39 is 20.7 Å². The first-order chi connectivity index (χ1) is 9.95. The van der Waals surface area contributed by atoms with Crippen molar-refractivity contribution >= 4 is 15.7 Å². The van der Waals surface area contributed by atoms with Gasteiger partial charge < -0.3 is 5.73 Å². The minimum absolute atomic E-state index is 0.214. The summed E-state index contributed by atoms with van der Waals surface area (Å²) in [6.45, 7) is 0. The molecule has 0 aromatic heterocycles. The molecule has 0 saturated carbocycles. The van der Waals surface area contributed by atoms with Crippen molar-refractivity contribution in [3.05, 3.63) is 59.4 Å². The number of sulfonamides is 1. The Morgan fingerprint density at radius 2 is 1.71 bits per heavy atom. The normalized spacial score (nSPS) is 15.1. The van der Waals surface area contributed by atoms with Gasteiger partial charge in [0.1, 0.15) is 10.7 Å². The molecule has 0 amide bonds. The van der Waals surface area contributed by atoms with Crippen LogP contribution in [0.1, 0.15) is 11.1 Å². The lowest BCUT2D eigenvalue weighted by atomic mass is 10.1. The highest BCUT2D eigenvalue weighted by atomic mass is 32.2. The van der Waals surface area contributed by atoms with Crippen LogP contribution < -0.4 is 10.5 Å². The van der Waals surface area contributed by atoms with Crippen LogP contribution in [0, 0.1) is 5.82 Å². The molecular formula is C15H15FN2O2S. The van der Waals surface area contributed by atoms with Gasteiger partial charge in [0.05, 0.1) is 0 Å². The van der Waals surface area contributed by atoms with E-state index in [0.29, 0.717) is 12.8 Å². The smallest absolute Gasteiger partial charge is 0.243 e. The molecule has 0 aliphatic heterocycles. The first kappa shape index (κ1) is 14.0. The van der Waals surface area contributed by atoms with Crippen LogP contribution in [0.15, 0.2) is 47.4 Å². The molecule has 1 aliphatic carbocycles. The van der Waals surface area contributed by atoms with Crippen molar-refractivity contribution in [2.24, 2.45) is 0 Å². The van der Waals surface area contributed by atoms with Gasteiger partial charge in [-0.25, -0.2) is 17.5 Å². The molecule has 2 aromatic carbocycles. The number of nitrogen functional groups attached to an aromatic ring is 1. The minimum Gasteiger partial charge on any atom is -0.399 e. The SMILES string of the molecule is Nc1ccc(F)c(S(=O)(=O)NC2Cc3ccccc3C2)c1. The van der Waals surface area contributed by atoms with E-state index in [9.17, 15) is 12.8 Å². The van der Waals surface area contributed by atoms with Crippen LogP contribution in [-0.2, 0) is 22.9 Å². The summed E-state index contributed by atoms with van der Waals surface area (Å²) in [4.78, 5) is -0.404. The molecule has 2 aromatic rings. The van der Waals surface area contributed by atoms with Crippen molar-refractivity contribution in [2.75, 3.05) is 5.73 Å². The van der Waals surface area contributed by atoms with Gasteiger partial charge >= 0.3 is 0 Å². The van der Waals surface area contributed by atoms with Crippen LogP contribution in [0.4, 0.5) is 10.1 Å². The predicted octanol–water partition coefficient (Wildman–Crippen LogP) is 1.85. The van der Waals surface area contributed by atoms with Crippen LogP contribution in [0.25, 0.3) is 0 Å². The van der Waals surface area contributed by atoms with Gasteiger partial charge in [0.2, 0.25) is 10.0 Å². The molecule has 0 radical (unpaired) electrons. The van der Waals surface area contributed by atoms with E-state index in [1.165, 1.54) is 6.07 Å². The number of nitrogens with two attached hydrogens (primary N) is 1. The zero-order valence-electron chi connectivity index (χ0n) is 11.2. The van der Waals surface area contributed by atoms with Crippen molar-refractivity contribution < 1.29 is 12.8 Å². The van der Waals surface area contributed by atoms with Gasteiger partial charge in [-0.3, -0.25) is 0 Å². The van der Waals surface area contributed by atoms with Crippen LogP contribution in [-0.4, -0.2) is 14.5 Å². The van der Waals surface area contributed by atoms with Crippen LogP contribution in [0.3, 0.4) is 0 Å². The molecule has 0 heterocycles. The molecule has 21 heavy (non-hydrogen) atoms. The summed E-state index contributed by atoms with van der Waals surface area (Å²) in [6, 6.07) is 11.1. The molecule has 4 nitrogen and oxygen atoms in total. The Balaban J connectivity index is 1.84. The Kier molecular flexibility index (Phi) is 3.43. The summed E-state index contributed by atoms with van der Waals surface area (Å²) in [5, 5.41) is 0. The van der Waals surface area contributed by atoms with Gasteiger partial charge in [-0.2, -0.15) is 0 Å². The summed E-state index contributed by atoms with van der Waals surface area (Å²) >= 11 is 0. The maximum Gasteiger partial charge on any atom is 0.243 e. The number of hydrogen-bond donors (Lipinski definition) is 2. The molecule has 0 saturated heterocycles. The molecular weight excluding hydrogens is 291 g/mol. The monoisotopic (exact) mass is 306 g/mol. The maximum atomic E-state index is 13.7. The summed E-state index contributed by atoms with van der Waals surface area (Å²) in [7, 11) is -3.92. The van der Waals surface area contributed by atoms with Gasteiger partial charge in [0.25, 0.3) is 0 Å². The summed E-state index contributed by atoms with van der Waals surface area (Å²) < 4.78 is 40.9. The zero-order valence-corrected chi connectivity index (χ0v) is 12.0. The van der Waals surface area contributed by atoms with Crippen molar-refractivity contribution in [1.82, 2.24) is 4.72 Å². The fraction of sp³-hybridized carbons (Fsp3) is 0.200. The topological polar surface area (TPSA) is 72.2 Å². The number of rotatable bonds is 3. The van der Waals surface area contributed by atoms with E-state index in [4.69, 9.17) is 5.73 Å². The first-order valence-electron chi connectivity index (χ1n) is 6.60. The standard InChI is InChI=1S/C15H15FN2O2S/c16-14-6-5-12(17)9-15(14)21(19,20)18-13-7-10-3-1-2-4-11(10)8-13/h1-6,9,13,18H,7-8,17H2. The van der Waals surface area contributed by atoms with Gasteiger partial charge in [-0.05, 0) is 42.2 Å². The minimum atomic E-state index is -3.92.